The van der Waals surface area contributed by atoms with Gasteiger partial charge in [-0.05, 0) is 33.2 Å². The summed E-state index contributed by atoms with van der Waals surface area (Å²) in [6.07, 6.45) is 3.61. The second kappa shape index (κ2) is 7.47. The van der Waals surface area contributed by atoms with E-state index in [0.29, 0.717) is 13.1 Å². The topological polar surface area (TPSA) is 63.2 Å². The molecule has 2 fully saturated rings. The van der Waals surface area contributed by atoms with Crippen LogP contribution in [0, 0.1) is 0 Å². The van der Waals surface area contributed by atoms with Crippen LogP contribution in [0.15, 0.2) is 5.16 Å². The number of carbonyl (C=O) groups excluding carboxylic acids is 1. The predicted octanol–water partition coefficient (Wildman–Crippen LogP) is 1.75. The highest BCUT2D eigenvalue weighted by atomic mass is 16.6. The Morgan fingerprint density at radius 3 is 2.75 bits per heavy atom. The number of nitrogens with one attached hydrogen (secondary N) is 1. The number of ether oxygens (including phenoxy) is 1. The minimum Gasteiger partial charge on any atom is -0.447 e. The van der Waals surface area contributed by atoms with Crippen molar-refractivity contribution < 1.29 is 14.4 Å². The molecule has 0 radical (unpaired) electrons. The van der Waals surface area contributed by atoms with Gasteiger partial charge in [0.1, 0.15) is 6.10 Å². The molecule has 0 spiro atoms. The molecule has 0 aliphatic carbocycles. The summed E-state index contributed by atoms with van der Waals surface area (Å²) >= 11 is 0. The first-order valence-electron chi connectivity index (χ1n) is 7.53. The number of hydrogen-bond acceptors (Lipinski definition) is 5. The van der Waals surface area contributed by atoms with Gasteiger partial charge in [0, 0.05) is 32.5 Å². The lowest BCUT2D eigenvalue weighted by Crippen LogP contribution is -2.41. The highest BCUT2D eigenvalue weighted by Crippen LogP contribution is 2.15. The molecule has 2 aliphatic rings. The zero-order valence-corrected chi connectivity index (χ0v) is 12.4. The zero-order valence-electron chi connectivity index (χ0n) is 12.4. The summed E-state index contributed by atoms with van der Waals surface area (Å²) in [7, 11) is 0. The number of hydrogen-bond donors (Lipinski definition) is 1. The lowest BCUT2D eigenvalue weighted by Gasteiger charge is -2.30. The SMILES string of the molecule is CC(C)OC(=O)N1CCC(O/N=C2\CCCNC2)CC1. The molecule has 0 aromatic heterocycles. The standard InChI is InChI=1S/C14H25N3O3/c1-11(2)19-14(18)17-8-5-13(6-9-17)20-16-12-4-3-7-15-10-12/h11,13,15H,3-10H2,1-2H3/b16-12+. The Kier molecular flexibility index (Phi) is 5.64. The van der Waals surface area contributed by atoms with Crippen molar-refractivity contribution in [2.75, 3.05) is 26.2 Å². The van der Waals surface area contributed by atoms with E-state index in [1.54, 1.807) is 4.90 Å². The molecule has 1 amide bonds. The minimum absolute atomic E-state index is 0.0679. The van der Waals surface area contributed by atoms with Gasteiger partial charge in [-0.3, -0.25) is 0 Å². The zero-order chi connectivity index (χ0) is 14.4. The lowest BCUT2D eigenvalue weighted by molar-refractivity contribution is 0.00416. The van der Waals surface area contributed by atoms with Crippen LogP contribution in [0.1, 0.15) is 39.5 Å². The largest absolute Gasteiger partial charge is 0.447 e. The van der Waals surface area contributed by atoms with Gasteiger partial charge < -0.3 is 19.8 Å². The molecule has 0 aromatic rings. The van der Waals surface area contributed by atoms with Crippen LogP contribution in [-0.4, -0.2) is 55.1 Å². The van der Waals surface area contributed by atoms with Crippen LogP contribution in [0.3, 0.4) is 0 Å². The molecule has 0 bridgehead atoms. The number of likely N-dealkylation sites (tertiary alicyclic amines) is 1. The lowest BCUT2D eigenvalue weighted by atomic mass is 10.1. The summed E-state index contributed by atoms with van der Waals surface area (Å²) in [5, 5.41) is 7.53. The molecule has 0 unspecified atom stereocenters. The molecule has 0 aromatic carbocycles. The Morgan fingerprint density at radius 2 is 2.15 bits per heavy atom. The second-order valence-corrected chi connectivity index (χ2v) is 5.66. The van der Waals surface area contributed by atoms with Crippen molar-refractivity contribution in [1.29, 1.82) is 0 Å². The summed E-state index contributed by atoms with van der Waals surface area (Å²) < 4.78 is 5.19. The first-order valence-corrected chi connectivity index (χ1v) is 7.53. The van der Waals surface area contributed by atoms with E-state index >= 15 is 0 Å². The Balaban J connectivity index is 1.70. The van der Waals surface area contributed by atoms with Gasteiger partial charge in [0.25, 0.3) is 0 Å². The van der Waals surface area contributed by atoms with Gasteiger partial charge in [-0.1, -0.05) is 5.16 Å². The van der Waals surface area contributed by atoms with Crippen LogP contribution in [0.25, 0.3) is 0 Å². The fourth-order valence-corrected chi connectivity index (χ4v) is 2.39. The summed E-state index contributed by atoms with van der Waals surface area (Å²) in [6, 6.07) is 0. The summed E-state index contributed by atoms with van der Waals surface area (Å²) in [6.45, 7) is 6.98. The number of amides is 1. The van der Waals surface area contributed by atoms with E-state index in [0.717, 1.165) is 44.5 Å². The van der Waals surface area contributed by atoms with Gasteiger partial charge in [0.2, 0.25) is 0 Å². The van der Waals surface area contributed by atoms with E-state index in [2.05, 4.69) is 10.5 Å². The maximum Gasteiger partial charge on any atom is 0.410 e. The van der Waals surface area contributed by atoms with Crippen molar-refractivity contribution in [1.82, 2.24) is 10.2 Å². The second-order valence-electron chi connectivity index (χ2n) is 5.66. The molecule has 2 rings (SSSR count). The van der Waals surface area contributed by atoms with Gasteiger partial charge in [-0.15, -0.1) is 0 Å². The minimum atomic E-state index is -0.221. The first kappa shape index (κ1) is 15.1. The third-order valence-corrected chi connectivity index (χ3v) is 3.52. The molecule has 20 heavy (non-hydrogen) atoms. The average molecular weight is 283 g/mol. The van der Waals surface area contributed by atoms with Crippen molar-refractivity contribution in [3.8, 4) is 0 Å². The molecule has 6 nitrogen and oxygen atoms in total. The van der Waals surface area contributed by atoms with Crippen molar-refractivity contribution in [2.24, 2.45) is 5.16 Å². The van der Waals surface area contributed by atoms with Gasteiger partial charge in [0.15, 0.2) is 0 Å². The highest BCUT2D eigenvalue weighted by Gasteiger charge is 2.25. The molecule has 114 valence electrons. The Bertz CT molecular complexity index is 342. The number of piperidine rings is 2. The normalized spacial score (nSPS) is 23.1. The summed E-state index contributed by atoms with van der Waals surface area (Å²) in [5.41, 5.74) is 1.10. The Hall–Kier alpha value is -1.30. The molecule has 0 atom stereocenters. The molecule has 0 saturated carbocycles. The van der Waals surface area contributed by atoms with Crippen LogP contribution < -0.4 is 5.32 Å². The van der Waals surface area contributed by atoms with Crippen LogP contribution in [0.2, 0.25) is 0 Å². The van der Waals surface area contributed by atoms with Gasteiger partial charge in [-0.25, -0.2) is 4.79 Å². The fourth-order valence-electron chi connectivity index (χ4n) is 2.39. The fraction of sp³-hybridized carbons (Fsp3) is 0.857. The maximum absolute atomic E-state index is 11.7. The van der Waals surface area contributed by atoms with Crippen molar-refractivity contribution in [3.05, 3.63) is 0 Å². The average Bonchev–Trinajstić information content (AvgIpc) is 2.46. The van der Waals surface area contributed by atoms with Crippen LogP contribution in [0.5, 0.6) is 0 Å². The van der Waals surface area contributed by atoms with E-state index in [4.69, 9.17) is 9.57 Å². The van der Waals surface area contributed by atoms with E-state index in [9.17, 15) is 4.79 Å². The first-order chi connectivity index (χ1) is 9.65. The quantitative estimate of drug-likeness (QED) is 0.802. The number of carbonyl (C=O) groups is 1. The molecule has 1 N–H and O–H groups in total. The van der Waals surface area contributed by atoms with Crippen molar-refractivity contribution in [2.45, 2.75) is 51.7 Å². The van der Waals surface area contributed by atoms with Crippen molar-refractivity contribution in [3.63, 3.8) is 0 Å². The monoisotopic (exact) mass is 283 g/mol. The van der Waals surface area contributed by atoms with Crippen LogP contribution in [0.4, 0.5) is 4.79 Å². The number of nitrogens with zero attached hydrogens (tertiary/aromatic N) is 2. The summed E-state index contributed by atoms with van der Waals surface area (Å²) in [5.74, 6) is 0. The molecular weight excluding hydrogens is 258 g/mol. The smallest absolute Gasteiger partial charge is 0.410 e. The molecule has 2 heterocycles. The molecule has 6 heteroatoms. The number of rotatable bonds is 3. The molecule has 2 aliphatic heterocycles. The van der Waals surface area contributed by atoms with E-state index in [1.165, 1.54) is 0 Å². The van der Waals surface area contributed by atoms with Crippen LogP contribution >= 0.6 is 0 Å². The van der Waals surface area contributed by atoms with E-state index in [-0.39, 0.29) is 18.3 Å². The van der Waals surface area contributed by atoms with Crippen LogP contribution in [-0.2, 0) is 9.57 Å². The predicted molar refractivity (Wildman–Crippen MR) is 76.8 cm³/mol. The Labute approximate surface area is 120 Å². The van der Waals surface area contributed by atoms with Gasteiger partial charge in [0.05, 0.1) is 11.8 Å². The summed E-state index contributed by atoms with van der Waals surface area (Å²) in [4.78, 5) is 19.1. The Morgan fingerprint density at radius 1 is 1.40 bits per heavy atom. The van der Waals surface area contributed by atoms with Crippen molar-refractivity contribution >= 4 is 11.8 Å². The third-order valence-electron chi connectivity index (χ3n) is 3.52. The number of oxime groups is 1. The van der Waals surface area contributed by atoms with Gasteiger partial charge >= 0.3 is 6.09 Å². The maximum atomic E-state index is 11.7. The highest BCUT2D eigenvalue weighted by molar-refractivity contribution is 5.86. The van der Waals surface area contributed by atoms with E-state index < -0.39 is 0 Å². The van der Waals surface area contributed by atoms with E-state index in [1.807, 2.05) is 13.8 Å². The molecule has 2 saturated heterocycles. The third kappa shape index (κ3) is 4.67. The molecular formula is C14H25N3O3. The van der Waals surface area contributed by atoms with Gasteiger partial charge in [-0.2, -0.15) is 0 Å².